The molecule has 0 aliphatic carbocycles. The second kappa shape index (κ2) is 3.59. The summed E-state index contributed by atoms with van der Waals surface area (Å²) in [6, 6.07) is 2.42. The third kappa shape index (κ3) is 1.54. The molecule has 0 bridgehead atoms. The number of hydrogen-bond donors (Lipinski definition) is 0. The minimum absolute atomic E-state index is 0.470. The van der Waals surface area contributed by atoms with E-state index in [1.54, 1.807) is 6.20 Å². The zero-order valence-electron chi connectivity index (χ0n) is 9.11. The van der Waals surface area contributed by atoms with Crippen molar-refractivity contribution in [1.29, 1.82) is 0 Å². The molecule has 2 aromatic heterocycles. The Labute approximate surface area is 93.7 Å². The van der Waals surface area contributed by atoms with Crippen LogP contribution < -0.4 is 4.90 Å². The fourth-order valence-corrected chi connectivity index (χ4v) is 1.91. The average Bonchev–Trinajstić information content (AvgIpc) is 2.69. The molecular weight excluding hydrogens is 202 g/mol. The summed E-state index contributed by atoms with van der Waals surface area (Å²) < 4.78 is 2.00. The minimum atomic E-state index is 0.470. The van der Waals surface area contributed by atoms with Crippen molar-refractivity contribution in [2.45, 2.75) is 13.0 Å². The first kappa shape index (κ1) is 9.33. The first-order valence-electron chi connectivity index (χ1n) is 5.35. The van der Waals surface area contributed by atoms with Crippen molar-refractivity contribution in [3.05, 3.63) is 36.5 Å². The van der Waals surface area contributed by atoms with Gasteiger partial charge in [0.05, 0.1) is 17.9 Å². The van der Waals surface area contributed by atoms with Crippen LogP contribution in [-0.4, -0.2) is 32.8 Å². The minimum Gasteiger partial charge on any atom is -0.351 e. The fraction of sp³-hybridized carbons (Fsp3) is 0.364. The molecule has 0 saturated carbocycles. The Hall–Kier alpha value is -1.91. The van der Waals surface area contributed by atoms with Gasteiger partial charge in [-0.3, -0.25) is 9.67 Å². The molecule has 1 fully saturated rings. The molecule has 0 amide bonds. The molecule has 3 rings (SSSR count). The maximum absolute atomic E-state index is 4.44. The molecule has 2 aromatic rings. The number of anilines is 1. The van der Waals surface area contributed by atoms with Crippen molar-refractivity contribution in [3.63, 3.8) is 0 Å². The Kier molecular flexibility index (Phi) is 2.09. The number of aryl methyl sites for hydroxylation is 1. The van der Waals surface area contributed by atoms with Gasteiger partial charge in [-0.1, -0.05) is 0 Å². The van der Waals surface area contributed by atoms with Gasteiger partial charge in [-0.2, -0.15) is 5.10 Å². The van der Waals surface area contributed by atoms with Gasteiger partial charge in [0.25, 0.3) is 0 Å². The highest BCUT2D eigenvalue weighted by Crippen LogP contribution is 2.24. The van der Waals surface area contributed by atoms with E-state index in [4.69, 9.17) is 0 Å². The molecule has 0 atom stereocenters. The Morgan fingerprint density at radius 3 is 2.88 bits per heavy atom. The summed E-state index contributed by atoms with van der Waals surface area (Å²) in [6.45, 7) is 3.88. The van der Waals surface area contributed by atoms with Gasteiger partial charge in [0.2, 0.25) is 0 Å². The van der Waals surface area contributed by atoms with E-state index in [2.05, 4.69) is 20.0 Å². The third-order valence-electron chi connectivity index (χ3n) is 2.83. The van der Waals surface area contributed by atoms with Gasteiger partial charge >= 0.3 is 0 Å². The molecule has 0 aromatic carbocycles. The average molecular weight is 215 g/mol. The first-order valence-corrected chi connectivity index (χ1v) is 5.35. The van der Waals surface area contributed by atoms with Gasteiger partial charge in [-0.25, -0.2) is 4.98 Å². The standard InChI is InChI=1S/C11H13N5/c1-9-5-12-6-11(14-9)15-7-10(8-15)16-4-2-3-13-16/h2-6,10H,7-8H2,1H3. The first-order chi connectivity index (χ1) is 7.83. The molecule has 0 radical (unpaired) electrons. The second-order valence-corrected chi connectivity index (χ2v) is 4.06. The van der Waals surface area contributed by atoms with Crippen LogP contribution in [0, 0.1) is 6.92 Å². The Morgan fingerprint density at radius 1 is 1.31 bits per heavy atom. The predicted octanol–water partition coefficient (Wildman–Crippen LogP) is 1.04. The number of rotatable bonds is 2. The SMILES string of the molecule is Cc1cncc(N2CC(n3cccn3)C2)n1. The quantitative estimate of drug-likeness (QED) is 0.751. The molecule has 1 aliphatic rings. The van der Waals surface area contributed by atoms with Crippen molar-refractivity contribution in [1.82, 2.24) is 19.7 Å². The van der Waals surface area contributed by atoms with Crippen LogP contribution in [0.1, 0.15) is 11.7 Å². The summed E-state index contributed by atoms with van der Waals surface area (Å²) in [5.41, 5.74) is 0.958. The van der Waals surface area contributed by atoms with Crippen LogP contribution in [0.3, 0.4) is 0 Å². The summed E-state index contributed by atoms with van der Waals surface area (Å²) in [4.78, 5) is 10.8. The molecule has 1 aliphatic heterocycles. The van der Waals surface area contributed by atoms with E-state index >= 15 is 0 Å². The number of aromatic nitrogens is 4. The molecule has 0 N–H and O–H groups in total. The van der Waals surface area contributed by atoms with E-state index in [0.29, 0.717) is 6.04 Å². The van der Waals surface area contributed by atoms with Crippen molar-refractivity contribution in [3.8, 4) is 0 Å². The van der Waals surface area contributed by atoms with Crippen LogP contribution in [0.4, 0.5) is 5.82 Å². The van der Waals surface area contributed by atoms with Crippen LogP contribution in [0.15, 0.2) is 30.9 Å². The molecule has 5 heteroatoms. The van der Waals surface area contributed by atoms with E-state index in [1.165, 1.54) is 0 Å². The molecule has 0 unspecified atom stereocenters. The van der Waals surface area contributed by atoms with E-state index in [0.717, 1.165) is 24.6 Å². The zero-order chi connectivity index (χ0) is 11.0. The highest BCUT2D eigenvalue weighted by atomic mass is 15.4. The maximum atomic E-state index is 4.44. The summed E-state index contributed by atoms with van der Waals surface area (Å²) in [5, 5.41) is 4.24. The highest BCUT2D eigenvalue weighted by molar-refractivity contribution is 5.40. The van der Waals surface area contributed by atoms with Crippen molar-refractivity contribution in [2.75, 3.05) is 18.0 Å². The molecule has 1 saturated heterocycles. The molecule has 5 nitrogen and oxygen atoms in total. The van der Waals surface area contributed by atoms with Crippen molar-refractivity contribution in [2.24, 2.45) is 0 Å². The molecule has 16 heavy (non-hydrogen) atoms. The van der Waals surface area contributed by atoms with Crippen LogP contribution in [0.5, 0.6) is 0 Å². The lowest BCUT2D eigenvalue weighted by molar-refractivity contribution is 0.365. The molecule has 82 valence electrons. The maximum Gasteiger partial charge on any atom is 0.147 e. The van der Waals surface area contributed by atoms with E-state index in [9.17, 15) is 0 Å². The van der Waals surface area contributed by atoms with Gasteiger partial charge in [-0.05, 0) is 13.0 Å². The van der Waals surface area contributed by atoms with Gasteiger partial charge < -0.3 is 4.90 Å². The monoisotopic (exact) mass is 215 g/mol. The Bertz CT molecular complexity index is 473. The smallest absolute Gasteiger partial charge is 0.147 e. The lowest BCUT2D eigenvalue weighted by Gasteiger charge is -2.39. The van der Waals surface area contributed by atoms with E-state index in [-0.39, 0.29) is 0 Å². The summed E-state index contributed by atoms with van der Waals surface area (Å²) in [5.74, 6) is 0.961. The van der Waals surface area contributed by atoms with Crippen LogP contribution in [-0.2, 0) is 0 Å². The largest absolute Gasteiger partial charge is 0.351 e. The van der Waals surface area contributed by atoms with Crippen LogP contribution >= 0.6 is 0 Å². The number of hydrogen-bond acceptors (Lipinski definition) is 4. The summed E-state index contributed by atoms with van der Waals surface area (Å²) in [6.07, 6.45) is 7.40. The Morgan fingerprint density at radius 2 is 2.19 bits per heavy atom. The predicted molar refractivity (Wildman–Crippen MR) is 60.2 cm³/mol. The molecule has 0 spiro atoms. The van der Waals surface area contributed by atoms with Gasteiger partial charge in [0.15, 0.2) is 0 Å². The van der Waals surface area contributed by atoms with E-state index in [1.807, 2.05) is 36.3 Å². The second-order valence-electron chi connectivity index (χ2n) is 4.06. The molecule has 3 heterocycles. The Balaban J connectivity index is 1.69. The van der Waals surface area contributed by atoms with Gasteiger partial charge in [-0.15, -0.1) is 0 Å². The fourth-order valence-electron chi connectivity index (χ4n) is 1.91. The van der Waals surface area contributed by atoms with Crippen LogP contribution in [0.2, 0.25) is 0 Å². The normalized spacial score (nSPS) is 16.2. The van der Waals surface area contributed by atoms with Gasteiger partial charge in [0.1, 0.15) is 5.82 Å². The third-order valence-corrected chi connectivity index (χ3v) is 2.83. The summed E-state index contributed by atoms with van der Waals surface area (Å²) >= 11 is 0. The topological polar surface area (TPSA) is 46.8 Å². The lowest BCUT2D eigenvalue weighted by Crippen LogP contribution is -2.48. The van der Waals surface area contributed by atoms with E-state index < -0.39 is 0 Å². The summed E-state index contributed by atoms with van der Waals surface area (Å²) in [7, 11) is 0. The van der Waals surface area contributed by atoms with Crippen molar-refractivity contribution >= 4 is 5.82 Å². The lowest BCUT2D eigenvalue weighted by atomic mass is 10.1. The number of nitrogens with zero attached hydrogens (tertiary/aromatic N) is 5. The molecular formula is C11H13N5. The van der Waals surface area contributed by atoms with Gasteiger partial charge in [0, 0.05) is 31.7 Å². The van der Waals surface area contributed by atoms with Crippen molar-refractivity contribution < 1.29 is 0 Å². The van der Waals surface area contributed by atoms with Crippen LogP contribution in [0.25, 0.3) is 0 Å². The highest BCUT2D eigenvalue weighted by Gasteiger charge is 2.29. The zero-order valence-corrected chi connectivity index (χ0v) is 9.11.